The van der Waals surface area contributed by atoms with Gasteiger partial charge in [0.2, 0.25) is 10.0 Å². The third kappa shape index (κ3) is 4.84. The van der Waals surface area contributed by atoms with Crippen molar-refractivity contribution in [3.05, 3.63) is 28.8 Å². The van der Waals surface area contributed by atoms with Crippen molar-refractivity contribution in [2.24, 2.45) is 17.1 Å². The van der Waals surface area contributed by atoms with Crippen molar-refractivity contribution in [3.63, 3.8) is 0 Å². The number of hydrogen-bond acceptors (Lipinski definition) is 3. The zero-order valence-corrected chi connectivity index (χ0v) is 16.5. The molecule has 4 nitrogen and oxygen atoms in total. The lowest BCUT2D eigenvalue weighted by molar-refractivity contribution is -0.136. The Labute approximate surface area is 157 Å². The predicted octanol–water partition coefficient (Wildman–Crippen LogP) is 4.64. The van der Waals surface area contributed by atoms with E-state index >= 15 is 0 Å². The van der Waals surface area contributed by atoms with Crippen LogP contribution in [0.2, 0.25) is 5.02 Å². The number of benzene rings is 1. The molecule has 1 aromatic carbocycles. The Balaban J connectivity index is 2.34. The first kappa shape index (κ1) is 21.3. The molecule has 3 unspecified atom stereocenters. The summed E-state index contributed by atoms with van der Waals surface area (Å²) in [6.07, 6.45) is -3.11. The van der Waals surface area contributed by atoms with Crippen molar-refractivity contribution >= 4 is 27.3 Å². The van der Waals surface area contributed by atoms with Gasteiger partial charge in [-0.25, -0.2) is 8.42 Å². The van der Waals surface area contributed by atoms with Gasteiger partial charge < -0.3 is 5.73 Å². The summed E-state index contributed by atoms with van der Waals surface area (Å²) in [5, 5.41) is -1.07. The van der Waals surface area contributed by atoms with Crippen molar-refractivity contribution in [2.45, 2.75) is 57.5 Å². The van der Waals surface area contributed by atoms with Crippen LogP contribution in [0.1, 0.15) is 45.6 Å². The Morgan fingerprint density at radius 1 is 1.19 bits per heavy atom. The third-order valence-corrected chi connectivity index (χ3v) is 7.08. The molecule has 2 rings (SSSR count). The molecule has 1 aliphatic rings. The average molecular weight is 413 g/mol. The standard InChI is InChI=1S/C17H24ClF3N2O2S/c1-16(2,3)10-4-6-13(22)15(8-10)26(24,25)23-14-7-5-11(18)9-12(14)17(19,20)21/h5,7,9-10,13,15,23H,4,6,8,22H2,1-3H3. The lowest BCUT2D eigenvalue weighted by Crippen LogP contribution is -2.49. The molecular weight excluding hydrogens is 389 g/mol. The van der Waals surface area contributed by atoms with Crippen LogP contribution in [0.3, 0.4) is 0 Å². The maximum Gasteiger partial charge on any atom is 0.418 e. The fraction of sp³-hybridized carbons (Fsp3) is 0.647. The Kier molecular flexibility index (Phi) is 5.90. The molecule has 3 N–H and O–H groups in total. The van der Waals surface area contributed by atoms with Gasteiger partial charge in [-0.3, -0.25) is 4.72 Å². The second kappa shape index (κ2) is 7.20. The minimum Gasteiger partial charge on any atom is -0.326 e. The number of sulfonamides is 1. The number of alkyl halides is 3. The van der Waals surface area contributed by atoms with Gasteiger partial charge in [0, 0.05) is 11.1 Å². The van der Waals surface area contributed by atoms with E-state index in [2.05, 4.69) is 4.72 Å². The van der Waals surface area contributed by atoms with E-state index in [4.69, 9.17) is 17.3 Å². The minimum absolute atomic E-state index is 0.106. The first-order valence-electron chi connectivity index (χ1n) is 8.36. The SMILES string of the molecule is CC(C)(C)C1CCC(N)C(S(=O)(=O)Nc2ccc(Cl)cc2C(F)(F)F)C1. The number of nitrogens with two attached hydrogens (primary N) is 1. The van der Waals surface area contributed by atoms with Gasteiger partial charge >= 0.3 is 6.18 Å². The summed E-state index contributed by atoms with van der Waals surface area (Å²) in [5.41, 5.74) is 4.25. The fourth-order valence-electron chi connectivity index (χ4n) is 3.36. The zero-order valence-electron chi connectivity index (χ0n) is 14.9. The first-order valence-corrected chi connectivity index (χ1v) is 10.3. The van der Waals surface area contributed by atoms with Crippen LogP contribution < -0.4 is 10.5 Å². The van der Waals surface area contributed by atoms with Gasteiger partial charge in [-0.05, 0) is 48.8 Å². The van der Waals surface area contributed by atoms with E-state index in [0.717, 1.165) is 12.5 Å². The third-order valence-electron chi connectivity index (χ3n) is 5.01. The second-order valence-corrected chi connectivity index (χ2v) is 10.2. The van der Waals surface area contributed by atoms with Gasteiger partial charge in [0.25, 0.3) is 0 Å². The van der Waals surface area contributed by atoms with E-state index in [1.807, 2.05) is 20.8 Å². The van der Waals surface area contributed by atoms with Crippen molar-refractivity contribution in [1.82, 2.24) is 0 Å². The average Bonchev–Trinajstić information content (AvgIpc) is 2.47. The first-order chi connectivity index (χ1) is 11.7. The van der Waals surface area contributed by atoms with E-state index in [0.29, 0.717) is 18.9 Å². The van der Waals surface area contributed by atoms with Crippen molar-refractivity contribution < 1.29 is 21.6 Å². The maximum atomic E-state index is 13.2. The molecule has 0 aliphatic heterocycles. The topological polar surface area (TPSA) is 72.2 Å². The van der Waals surface area contributed by atoms with E-state index in [1.54, 1.807) is 0 Å². The Morgan fingerprint density at radius 3 is 2.35 bits per heavy atom. The van der Waals surface area contributed by atoms with Crippen LogP contribution in [-0.2, 0) is 16.2 Å². The molecule has 0 heterocycles. The highest BCUT2D eigenvalue weighted by Crippen LogP contribution is 2.41. The maximum absolute atomic E-state index is 13.2. The van der Waals surface area contributed by atoms with Crippen LogP contribution in [0.5, 0.6) is 0 Å². The molecule has 0 amide bonds. The lowest BCUT2D eigenvalue weighted by atomic mass is 9.71. The molecule has 1 aromatic rings. The van der Waals surface area contributed by atoms with Crippen LogP contribution >= 0.6 is 11.6 Å². The summed E-state index contributed by atoms with van der Waals surface area (Å²) in [6, 6.07) is 2.33. The van der Waals surface area contributed by atoms with Crippen LogP contribution in [-0.4, -0.2) is 19.7 Å². The van der Waals surface area contributed by atoms with Crippen LogP contribution in [0.4, 0.5) is 18.9 Å². The summed E-state index contributed by atoms with van der Waals surface area (Å²) in [6.45, 7) is 6.06. The van der Waals surface area contributed by atoms with Crippen LogP contribution in [0, 0.1) is 11.3 Å². The van der Waals surface area contributed by atoms with Gasteiger partial charge in [-0.1, -0.05) is 32.4 Å². The van der Waals surface area contributed by atoms with Gasteiger partial charge in [0.05, 0.1) is 16.5 Å². The molecule has 1 aliphatic carbocycles. The largest absolute Gasteiger partial charge is 0.418 e. The summed E-state index contributed by atoms with van der Waals surface area (Å²) in [4.78, 5) is 0. The fourth-order valence-corrected chi connectivity index (χ4v) is 5.25. The molecule has 0 spiro atoms. The highest BCUT2D eigenvalue weighted by molar-refractivity contribution is 7.93. The summed E-state index contributed by atoms with van der Waals surface area (Å²) < 4.78 is 67.4. The van der Waals surface area contributed by atoms with Gasteiger partial charge in [0.1, 0.15) is 0 Å². The normalized spacial score (nSPS) is 25.2. The highest BCUT2D eigenvalue weighted by atomic mass is 35.5. The van der Waals surface area contributed by atoms with E-state index < -0.39 is 38.7 Å². The van der Waals surface area contributed by atoms with Crippen LogP contribution in [0.15, 0.2) is 18.2 Å². The van der Waals surface area contributed by atoms with E-state index in [9.17, 15) is 21.6 Å². The van der Waals surface area contributed by atoms with Crippen molar-refractivity contribution in [2.75, 3.05) is 4.72 Å². The smallest absolute Gasteiger partial charge is 0.326 e. The number of anilines is 1. The number of rotatable bonds is 3. The molecule has 0 bridgehead atoms. The molecule has 1 fully saturated rings. The van der Waals surface area contributed by atoms with Crippen LogP contribution in [0.25, 0.3) is 0 Å². The summed E-state index contributed by atoms with van der Waals surface area (Å²) >= 11 is 5.64. The summed E-state index contributed by atoms with van der Waals surface area (Å²) in [7, 11) is -4.09. The number of hydrogen-bond donors (Lipinski definition) is 2. The summed E-state index contributed by atoms with van der Waals surface area (Å²) in [5.74, 6) is 0.121. The molecule has 0 radical (unpaired) electrons. The van der Waals surface area contributed by atoms with Crippen molar-refractivity contribution in [3.8, 4) is 0 Å². The van der Waals surface area contributed by atoms with E-state index in [-0.39, 0.29) is 16.4 Å². The molecule has 26 heavy (non-hydrogen) atoms. The Morgan fingerprint density at radius 2 is 1.81 bits per heavy atom. The number of halogens is 4. The van der Waals surface area contributed by atoms with Gasteiger partial charge in [-0.2, -0.15) is 13.2 Å². The van der Waals surface area contributed by atoms with E-state index in [1.165, 1.54) is 6.07 Å². The monoisotopic (exact) mass is 412 g/mol. The van der Waals surface area contributed by atoms with Crippen molar-refractivity contribution in [1.29, 1.82) is 0 Å². The highest BCUT2D eigenvalue weighted by Gasteiger charge is 2.42. The number of nitrogens with one attached hydrogen (secondary N) is 1. The minimum atomic E-state index is -4.73. The Hall–Kier alpha value is -0.990. The molecule has 148 valence electrons. The molecule has 0 saturated heterocycles. The molecule has 1 saturated carbocycles. The molecule has 0 aromatic heterocycles. The molecule has 3 atom stereocenters. The zero-order chi connectivity index (χ0) is 19.9. The Bertz CT molecular complexity index is 760. The quantitative estimate of drug-likeness (QED) is 0.759. The van der Waals surface area contributed by atoms with Gasteiger partial charge in [-0.15, -0.1) is 0 Å². The second-order valence-electron chi connectivity index (χ2n) is 7.91. The molecule has 9 heteroatoms. The predicted molar refractivity (Wildman–Crippen MR) is 97.6 cm³/mol. The lowest BCUT2D eigenvalue weighted by Gasteiger charge is -2.40. The molecular formula is C17H24ClF3N2O2S. The van der Waals surface area contributed by atoms with Gasteiger partial charge in [0.15, 0.2) is 0 Å².